The molecule has 0 saturated heterocycles. The van der Waals surface area contributed by atoms with Gasteiger partial charge in [0.05, 0.1) is 0 Å². The number of carboxylic acid groups (broad SMARTS) is 1. The van der Waals surface area contributed by atoms with Crippen LogP contribution in [0.4, 0.5) is 0 Å². The predicted octanol–water partition coefficient (Wildman–Crippen LogP) is 5.92. The van der Waals surface area contributed by atoms with Gasteiger partial charge in [-0.2, -0.15) is 0 Å². The Kier molecular flexibility index (Phi) is 5.47. The smallest absolute Gasteiger partial charge is 0.303 e. The maximum absolute atomic E-state index is 10.8. The summed E-state index contributed by atoms with van der Waals surface area (Å²) in [5.74, 6) is 0.826. The average molecular weight is 387 g/mol. The molecular weight excluding hydrogens is 364 g/mol. The fourth-order valence-corrected chi connectivity index (χ4v) is 3.51. The zero-order chi connectivity index (χ0) is 19.7. The van der Waals surface area contributed by atoms with E-state index in [4.69, 9.17) is 25.9 Å². The van der Waals surface area contributed by atoms with Crippen LogP contribution in [0.15, 0.2) is 28.7 Å². The van der Waals surface area contributed by atoms with Gasteiger partial charge in [-0.25, -0.2) is 0 Å². The number of hydrogen-bond donors (Lipinski definition) is 1. The van der Waals surface area contributed by atoms with Crippen molar-refractivity contribution < 1.29 is 19.1 Å². The van der Waals surface area contributed by atoms with Gasteiger partial charge in [0.1, 0.15) is 23.7 Å². The Bertz CT molecular complexity index is 1020. The van der Waals surface area contributed by atoms with E-state index in [1.165, 1.54) is 0 Å². The first-order chi connectivity index (χ1) is 12.8. The van der Waals surface area contributed by atoms with Gasteiger partial charge in [0.15, 0.2) is 0 Å². The lowest BCUT2D eigenvalue weighted by molar-refractivity contribution is -0.136. The highest BCUT2D eigenvalue weighted by Gasteiger charge is 2.15. The molecule has 1 N–H and O–H groups in total. The first-order valence-electron chi connectivity index (χ1n) is 8.89. The van der Waals surface area contributed by atoms with Gasteiger partial charge in [0.2, 0.25) is 0 Å². The molecule has 4 nitrogen and oxygen atoms in total. The Morgan fingerprint density at radius 3 is 2.56 bits per heavy atom. The fourth-order valence-electron chi connectivity index (χ4n) is 3.28. The van der Waals surface area contributed by atoms with Crippen LogP contribution in [0.2, 0.25) is 5.02 Å². The molecule has 142 valence electrons. The molecule has 0 amide bonds. The highest BCUT2D eigenvalue weighted by atomic mass is 35.5. The third-order valence-corrected chi connectivity index (χ3v) is 5.47. The Morgan fingerprint density at radius 2 is 1.85 bits per heavy atom. The summed E-state index contributed by atoms with van der Waals surface area (Å²) in [6, 6.07) is 7.73. The summed E-state index contributed by atoms with van der Waals surface area (Å²) in [7, 11) is 0. The second-order valence-electron chi connectivity index (χ2n) is 6.89. The van der Waals surface area contributed by atoms with Gasteiger partial charge in [-0.3, -0.25) is 4.79 Å². The molecule has 3 aromatic rings. The Labute approximate surface area is 163 Å². The third-order valence-electron chi connectivity index (χ3n) is 5.08. The molecule has 0 saturated carbocycles. The maximum Gasteiger partial charge on any atom is 0.303 e. The largest absolute Gasteiger partial charge is 0.488 e. The number of aryl methyl sites for hydroxylation is 2. The van der Waals surface area contributed by atoms with Gasteiger partial charge in [0.25, 0.3) is 0 Å². The standard InChI is InChI=1S/C22H23ClO4/c1-12-9-17-10-19(23)15(4)18(22(17)27-12)11-26-20-7-5-16(6-8-21(24)25)13(2)14(20)3/h5,7,9-10H,6,8,11H2,1-4H3,(H,24,25). The van der Waals surface area contributed by atoms with E-state index in [1.807, 2.05) is 52.0 Å². The molecule has 0 aliphatic heterocycles. The topological polar surface area (TPSA) is 59.7 Å². The second kappa shape index (κ2) is 7.65. The highest BCUT2D eigenvalue weighted by molar-refractivity contribution is 6.32. The Hall–Kier alpha value is -2.46. The molecular formula is C22H23ClO4. The van der Waals surface area contributed by atoms with Crippen molar-refractivity contribution >= 4 is 28.5 Å². The minimum Gasteiger partial charge on any atom is -0.488 e. The minimum absolute atomic E-state index is 0.123. The summed E-state index contributed by atoms with van der Waals surface area (Å²) in [5, 5.41) is 10.6. The van der Waals surface area contributed by atoms with E-state index in [0.29, 0.717) is 18.1 Å². The number of furan rings is 1. The van der Waals surface area contributed by atoms with Gasteiger partial charge in [-0.15, -0.1) is 0 Å². The highest BCUT2D eigenvalue weighted by Crippen LogP contribution is 2.33. The molecule has 0 radical (unpaired) electrons. The molecule has 0 fully saturated rings. The molecule has 0 aliphatic carbocycles. The number of benzene rings is 2. The van der Waals surface area contributed by atoms with Crippen LogP contribution in [0.25, 0.3) is 11.0 Å². The van der Waals surface area contributed by atoms with Gasteiger partial charge < -0.3 is 14.3 Å². The molecule has 0 spiro atoms. The van der Waals surface area contributed by atoms with Crippen molar-refractivity contribution in [1.29, 1.82) is 0 Å². The van der Waals surface area contributed by atoms with Crippen LogP contribution in [0.5, 0.6) is 5.75 Å². The molecule has 27 heavy (non-hydrogen) atoms. The van der Waals surface area contributed by atoms with Crippen LogP contribution < -0.4 is 4.74 Å². The zero-order valence-electron chi connectivity index (χ0n) is 16.0. The Balaban J connectivity index is 1.87. The van der Waals surface area contributed by atoms with Gasteiger partial charge >= 0.3 is 5.97 Å². The number of fused-ring (bicyclic) bond motifs is 1. The maximum atomic E-state index is 10.8. The third kappa shape index (κ3) is 3.96. The first kappa shape index (κ1) is 19.3. The summed E-state index contributed by atoms with van der Waals surface area (Å²) in [6.07, 6.45) is 0.639. The SMILES string of the molecule is Cc1cc2cc(Cl)c(C)c(COc3ccc(CCC(=O)O)c(C)c3C)c2o1. The number of carboxylic acids is 1. The molecule has 1 aromatic heterocycles. The molecule has 0 bridgehead atoms. The summed E-state index contributed by atoms with van der Waals surface area (Å²) in [5.41, 5.74) is 5.82. The minimum atomic E-state index is -0.790. The molecule has 0 aliphatic rings. The molecule has 5 heteroatoms. The van der Waals surface area contributed by atoms with Crippen molar-refractivity contribution in [3.05, 3.63) is 62.9 Å². The average Bonchev–Trinajstić information content (AvgIpc) is 2.97. The number of halogens is 1. The summed E-state index contributed by atoms with van der Waals surface area (Å²) >= 11 is 6.38. The van der Waals surface area contributed by atoms with Crippen LogP contribution >= 0.6 is 11.6 Å². The van der Waals surface area contributed by atoms with Crippen molar-refractivity contribution in [2.75, 3.05) is 0 Å². The summed E-state index contributed by atoms with van der Waals surface area (Å²) < 4.78 is 12.0. The van der Waals surface area contributed by atoms with E-state index in [0.717, 1.165) is 50.3 Å². The Morgan fingerprint density at radius 1 is 1.11 bits per heavy atom. The predicted molar refractivity (Wildman–Crippen MR) is 107 cm³/mol. The quantitative estimate of drug-likeness (QED) is 0.571. The lowest BCUT2D eigenvalue weighted by Gasteiger charge is -2.15. The van der Waals surface area contributed by atoms with Gasteiger partial charge in [0, 0.05) is 22.4 Å². The second-order valence-corrected chi connectivity index (χ2v) is 7.30. The van der Waals surface area contributed by atoms with E-state index in [2.05, 4.69) is 0 Å². The van der Waals surface area contributed by atoms with Crippen molar-refractivity contribution in [3.8, 4) is 5.75 Å². The van der Waals surface area contributed by atoms with Crippen molar-refractivity contribution in [2.45, 2.75) is 47.1 Å². The van der Waals surface area contributed by atoms with Crippen molar-refractivity contribution in [1.82, 2.24) is 0 Å². The van der Waals surface area contributed by atoms with E-state index in [1.54, 1.807) is 0 Å². The first-order valence-corrected chi connectivity index (χ1v) is 9.27. The van der Waals surface area contributed by atoms with Crippen LogP contribution in [0.1, 0.15) is 40.0 Å². The van der Waals surface area contributed by atoms with Crippen LogP contribution in [-0.2, 0) is 17.8 Å². The van der Waals surface area contributed by atoms with Crippen molar-refractivity contribution in [2.24, 2.45) is 0 Å². The van der Waals surface area contributed by atoms with Gasteiger partial charge in [-0.1, -0.05) is 17.7 Å². The molecule has 2 aromatic carbocycles. The van der Waals surface area contributed by atoms with Crippen LogP contribution in [0.3, 0.4) is 0 Å². The molecule has 0 unspecified atom stereocenters. The number of aliphatic carboxylic acids is 1. The van der Waals surface area contributed by atoms with Crippen LogP contribution in [-0.4, -0.2) is 11.1 Å². The van der Waals surface area contributed by atoms with Crippen molar-refractivity contribution in [3.63, 3.8) is 0 Å². The number of rotatable bonds is 6. The number of carbonyl (C=O) groups is 1. The van der Waals surface area contributed by atoms with E-state index >= 15 is 0 Å². The zero-order valence-corrected chi connectivity index (χ0v) is 16.7. The molecule has 0 atom stereocenters. The van der Waals surface area contributed by atoms with E-state index in [-0.39, 0.29) is 6.42 Å². The lowest BCUT2D eigenvalue weighted by Crippen LogP contribution is -2.04. The van der Waals surface area contributed by atoms with Gasteiger partial charge in [-0.05, 0) is 74.6 Å². The fraction of sp³-hybridized carbons (Fsp3) is 0.318. The van der Waals surface area contributed by atoms with E-state index < -0.39 is 5.97 Å². The number of hydrogen-bond acceptors (Lipinski definition) is 3. The summed E-state index contributed by atoms with van der Waals surface area (Å²) in [6.45, 7) is 8.22. The van der Waals surface area contributed by atoms with E-state index in [9.17, 15) is 4.79 Å². The summed E-state index contributed by atoms with van der Waals surface area (Å²) in [4.78, 5) is 10.8. The number of ether oxygens (including phenoxy) is 1. The monoisotopic (exact) mass is 386 g/mol. The van der Waals surface area contributed by atoms with Crippen LogP contribution in [0, 0.1) is 27.7 Å². The lowest BCUT2D eigenvalue weighted by atomic mass is 9.99. The normalized spacial score (nSPS) is 11.1. The molecule has 3 rings (SSSR count). The molecule has 1 heterocycles.